The Balaban J connectivity index is 3.26. The minimum absolute atomic E-state index is 0.282. The normalized spacial score (nSPS) is 8.62. The van der Waals surface area contributed by atoms with Crippen molar-refractivity contribution < 1.29 is 23.8 Å². The van der Waals surface area contributed by atoms with E-state index >= 15 is 0 Å². The molecule has 0 rings (SSSR count). The number of rotatable bonds is 6. The van der Waals surface area contributed by atoms with Crippen LogP contribution < -0.4 is 0 Å². The number of carbonyl (C=O) groups is 2. The van der Waals surface area contributed by atoms with E-state index in [1.54, 1.807) is 0 Å². The summed E-state index contributed by atoms with van der Waals surface area (Å²) in [7, 11) is 0. The molecule has 0 atom stereocenters. The number of ether oxygens (including phenoxy) is 3. The standard InChI is InChI=1S/C8H10O5/c1-3-7(9)12-5-11-6-13-8(10)4-2/h3-4H,1-2,5-6H2. The molecule has 0 aromatic carbocycles. The molecule has 0 unspecified atom stereocenters. The molecule has 0 fully saturated rings. The zero-order valence-corrected chi connectivity index (χ0v) is 7.02. The lowest BCUT2D eigenvalue weighted by Gasteiger charge is -2.03. The monoisotopic (exact) mass is 186 g/mol. The Bertz CT molecular complexity index is 187. The highest BCUT2D eigenvalue weighted by Crippen LogP contribution is 1.84. The highest BCUT2D eigenvalue weighted by Gasteiger charge is 1.96. The molecule has 0 amide bonds. The molecule has 0 saturated heterocycles. The topological polar surface area (TPSA) is 61.8 Å². The van der Waals surface area contributed by atoms with Gasteiger partial charge in [-0.05, 0) is 0 Å². The second-order valence-corrected chi connectivity index (χ2v) is 1.77. The van der Waals surface area contributed by atoms with Gasteiger partial charge in [0.2, 0.25) is 0 Å². The third kappa shape index (κ3) is 6.77. The van der Waals surface area contributed by atoms with Gasteiger partial charge in [-0.2, -0.15) is 0 Å². The Morgan fingerprint density at radius 1 is 1.00 bits per heavy atom. The van der Waals surface area contributed by atoms with Crippen LogP contribution in [0.2, 0.25) is 0 Å². The van der Waals surface area contributed by atoms with Crippen LogP contribution in [0.15, 0.2) is 25.3 Å². The number of esters is 2. The first-order valence-corrected chi connectivity index (χ1v) is 3.37. The molecule has 0 aliphatic rings. The molecule has 0 aromatic rings. The van der Waals surface area contributed by atoms with E-state index in [0.717, 1.165) is 12.2 Å². The quantitative estimate of drug-likeness (QED) is 0.259. The Labute approximate surface area is 75.6 Å². The highest BCUT2D eigenvalue weighted by molar-refractivity contribution is 5.81. The van der Waals surface area contributed by atoms with Gasteiger partial charge in [-0.3, -0.25) is 0 Å². The van der Waals surface area contributed by atoms with Gasteiger partial charge in [0.1, 0.15) is 0 Å². The summed E-state index contributed by atoms with van der Waals surface area (Å²) in [6, 6.07) is 0. The van der Waals surface area contributed by atoms with E-state index in [1.165, 1.54) is 0 Å². The Kier molecular flexibility index (Phi) is 6.17. The number of hydrogen-bond donors (Lipinski definition) is 0. The van der Waals surface area contributed by atoms with E-state index < -0.39 is 11.9 Å². The third-order valence-electron chi connectivity index (χ3n) is 0.902. The predicted octanol–water partition coefficient (Wildman–Crippen LogP) is 0.376. The fraction of sp³-hybridized carbons (Fsp3) is 0.250. The molecule has 0 aliphatic carbocycles. The first-order chi connectivity index (χ1) is 6.20. The predicted molar refractivity (Wildman–Crippen MR) is 43.4 cm³/mol. The Hall–Kier alpha value is -1.62. The van der Waals surface area contributed by atoms with Crippen molar-refractivity contribution >= 4 is 11.9 Å². The van der Waals surface area contributed by atoms with Crippen molar-refractivity contribution in [3.8, 4) is 0 Å². The smallest absolute Gasteiger partial charge is 0.332 e. The second-order valence-electron chi connectivity index (χ2n) is 1.77. The van der Waals surface area contributed by atoms with Gasteiger partial charge in [-0.25, -0.2) is 9.59 Å². The molecule has 13 heavy (non-hydrogen) atoms. The zero-order chi connectivity index (χ0) is 10.1. The molecule has 72 valence electrons. The van der Waals surface area contributed by atoms with Gasteiger partial charge in [0.15, 0.2) is 13.6 Å². The Morgan fingerprint density at radius 3 is 1.69 bits per heavy atom. The summed E-state index contributed by atoms with van der Waals surface area (Å²) in [6.07, 6.45) is 2.00. The molecule has 0 radical (unpaired) electrons. The van der Waals surface area contributed by atoms with E-state index in [9.17, 15) is 9.59 Å². The van der Waals surface area contributed by atoms with Crippen LogP contribution in [-0.2, 0) is 23.8 Å². The summed E-state index contributed by atoms with van der Waals surface area (Å²) in [4.78, 5) is 20.8. The number of carbonyl (C=O) groups excluding carboxylic acids is 2. The van der Waals surface area contributed by atoms with Gasteiger partial charge in [0.05, 0.1) is 0 Å². The minimum atomic E-state index is -0.602. The molecule has 0 saturated carbocycles. The zero-order valence-electron chi connectivity index (χ0n) is 7.02. The summed E-state index contributed by atoms with van der Waals surface area (Å²) >= 11 is 0. The van der Waals surface area contributed by atoms with Crippen LogP contribution in [0.25, 0.3) is 0 Å². The molecule has 0 heterocycles. The van der Waals surface area contributed by atoms with Crippen LogP contribution in [0.5, 0.6) is 0 Å². The lowest BCUT2D eigenvalue weighted by atomic mass is 10.7. The lowest BCUT2D eigenvalue weighted by molar-refractivity contribution is -0.169. The van der Waals surface area contributed by atoms with Crippen molar-refractivity contribution in [2.75, 3.05) is 13.6 Å². The van der Waals surface area contributed by atoms with E-state index in [0.29, 0.717) is 0 Å². The van der Waals surface area contributed by atoms with Gasteiger partial charge in [-0.1, -0.05) is 13.2 Å². The maximum atomic E-state index is 10.4. The third-order valence-corrected chi connectivity index (χ3v) is 0.902. The molecule has 0 bridgehead atoms. The van der Waals surface area contributed by atoms with Crippen molar-refractivity contribution in [3.05, 3.63) is 25.3 Å². The molecular formula is C8H10O5. The van der Waals surface area contributed by atoms with Crippen molar-refractivity contribution in [1.29, 1.82) is 0 Å². The van der Waals surface area contributed by atoms with E-state index in [2.05, 4.69) is 27.4 Å². The maximum Gasteiger partial charge on any atom is 0.332 e. The summed E-state index contributed by atoms with van der Waals surface area (Å²) in [5.74, 6) is -1.20. The average Bonchev–Trinajstić information content (AvgIpc) is 2.16. The van der Waals surface area contributed by atoms with Crippen LogP contribution in [-0.4, -0.2) is 25.5 Å². The van der Waals surface area contributed by atoms with E-state index in [4.69, 9.17) is 0 Å². The van der Waals surface area contributed by atoms with Crippen molar-refractivity contribution in [2.45, 2.75) is 0 Å². The minimum Gasteiger partial charge on any atom is -0.435 e. The molecule has 0 aromatic heterocycles. The maximum absolute atomic E-state index is 10.4. The van der Waals surface area contributed by atoms with Gasteiger partial charge < -0.3 is 14.2 Å². The van der Waals surface area contributed by atoms with Crippen LogP contribution in [0.3, 0.4) is 0 Å². The summed E-state index contributed by atoms with van der Waals surface area (Å²) in [6.45, 7) is 5.78. The van der Waals surface area contributed by atoms with Crippen molar-refractivity contribution in [2.24, 2.45) is 0 Å². The first-order valence-electron chi connectivity index (χ1n) is 3.37. The molecule has 0 spiro atoms. The van der Waals surface area contributed by atoms with E-state index in [-0.39, 0.29) is 13.6 Å². The van der Waals surface area contributed by atoms with Gasteiger partial charge >= 0.3 is 11.9 Å². The molecule has 5 heteroatoms. The fourth-order valence-electron chi connectivity index (χ4n) is 0.351. The van der Waals surface area contributed by atoms with Gasteiger partial charge in [0.25, 0.3) is 0 Å². The lowest BCUT2D eigenvalue weighted by Crippen LogP contribution is -2.10. The van der Waals surface area contributed by atoms with Crippen LogP contribution in [0, 0.1) is 0 Å². The fourth-order valence-corrected chi connectivity index (χ4v) is 0.351. The largest absolute Gasteiger partial charge is 0.435 e. The summed E-state index contributed by atoms with van der Waals surface area (Å²) in [5.41, 5.74) is 0. The molecular weight excluding hydrogens is 176 g/mol. The average molecular weight is 186 g/mol. The SMILES string of the molecule is C=CC(=O)OCOCOC(=O)C=C. The van der Waals surface area contributed by atoms with Crippen LogP contribution >= 0.6 is 0 Å². The second kappa shape index (κ2) is 7.05. The highest BCUT2D eigenvalue weighted by atomic mass is 16.7. The molecule has 0 aliphatic heterocycles. The van der Waals surface area contributed by atoms with Gasteiger partial charge in [0, 0.05) is 12.2 Å². The molecule has 0 N–H and O–H groups in total. The van der Waals surface area contributed by atoms with Crippen LogP contribution in [0.4, 0.5) is 0 Å². The molecule has 5 nitrogen and oxygen atoms in total. The summed E-state index contributed by atoms with van der Waals surface area (Å²) in [5, 5.41) is 0. The number of hydrogen-bond acceptors (Lipinski definition) is 5. The van der Waals surface area contributed by atoms with Crippen molar-refractivity contribution in [1.82, 2.24) is 0 Å². The Morgan fingerprint density at radius 2 is 1.38 bits per heavy atom. The summed E-state index contributed by atoms with van der Waals surface area (Å²) < 4.78 is 13.4. The van der Waals surface area contributed by atoms with E-state index in [1.807, 2.05) is 0 Å². The van der Waals surface area contributed by atoms with Crippen molar-refractivity contribution in [3.63, 3.8) is 0 Å². The van der Waals surface area contributed by atoms with Crippen LogP contribution in [0.1, 0.15) is 0 Å². The van der Waals surface area contributed by atoms with Gasteiger partial charge in [-0.15, -0.1) is 0 Å². The first kappa shape index (κ1) is 11.4.